The molecule has 0 aliphatic rings. The second-order valence-corrected chi connectivity index (χ2v) is 5.98. The third-order valence-electron chi connectivity index (χ3n) is 2.00. The lowest BCUT2D eigenvalue weighted by atomic mass is 10.5. The van der Waals surface area contributed by atoms with Crippen LogP contribution in [0.15, 0.2) is 12.7 Å². The van der Waals surface area contributed by atoms with Crippen molar-refractivity contribution in [2.75, 3.05) is 46.5 Å². The van der Waals surface area contributed by atoms with Gasteiger partial charge in [-0.15, -0.1) is 6.58 Å². The van der Waals surface area contributed by atoms with Crippen LogP contribution in [0.25, 0.3) is 0 Å². The maximum absolute atomic E-state index is 11.5. The Morgan fingerprint density at radius 2 is 2.00 bits per heavy atom. The molecule has 7 heteroatoms. The van der Waals surface area contributed by atoms with Gasteiger partial charge in [-0.25, -0.2) is 8.42 Å². The van der Waals surface area contributed by atoms with Crippen LogP contribution in [0, 0.1) is 0 Å². The summed E-state index contributed by atoms with van der Waals surface area (Å²) in [6.07, 6.45) is 2.53. The van der Waals surface area contributed by atoms with Crippen LogP contribution in [0.1, 0.15) is 0 Å². The van der Waals surface area contributed by atoms with E-state index in [0.717, 1.165) is 10.6 Å². The van der Waals surface area contributed by atoms with E-state index in [1.807, 2.05) is 19.0 Å². The van der Waals surface area contributed by atoms with Crippen molar-refractivity contribution >= 4 is 15.9 Å². The van der Waals surface area contributed by atoms with Gasteiger partial charge in [0.2, 0.25) is 15.9 Å². The molecule has 0 aliphatic heterocycles. The summed E-state index contributed by atoms with van der Waals surface area (Å²) in [5.41, 5.74) is 0. The van der Waals surface area contributed by atoms with Gasteiger partial charge in [0.15, 0.2) is 0 Å². The Balaban J connectivity index is 4.18. The molecule has 0 rings (SSSR count). The standard InChI is InChI=1S/C10H21N3O3S/c1-5-7-13(17(4,15)16)9-10(14)11-6-8-12(2)3/h5H,1,6-9H2,2-4H3,(H,11,14). The van der Waals surface area contributed by atoms with Gasteiger partial charge in [-0.3, -0.25) is 4.79 Å². The van der Waals surface area contributed by atoms with Crippen LogP contribution in [0.3, 0.4) is 0 Å². The first-order valence-corrected chi connectivity index (χ1v) is 7.09. The molecule has 0 heterocycles. The number of sulfonamides is 1. The van der Waals surface area contributed by atoms with Gasteiger partial charge >= 0.3 is 0 Å². The first kappa shape index (κ1) is 16.1. The van der Waals surface area contributed by atoms with E-state index >= 15 is 0 Å². The molecule has 1 amide bonds. The minimum absolute atomic E-state index is 0.139. The lowest BCUT2D eigenvalue weighted by Gasteiger charge is -2.18. The number of rotatable bonds is 8. The number of hydrogen-bond acceptors (Lipinski definition) is 4. The molecule has 0 bridgehead atoms. The third-order valence-corrected chi connectivity index (χ3v) is 3.22. The second kappa shape index (κ2) is 7.41. The van der Waals surface area contributed by atoms with E-state index in [0.29, 0.717) is 13.1 Å². The summed E-state index contributed by atoms with van der Waals surface area (Å²) < 4.78 is 23.7. The number of hydrogen-bond donors (Lipinski definition) is 1. The van der Waals surface area contributed by atoms with Gasteiger partial charge in [0.1, 0.15) is 0 Å². The first-order valence-electron chi connectivity index (χ1n) is 5.24. The SMILES string of the molecule is C=CCN(CC(=O)NCCN(C)C)S(C)(=O)=O. The Morgan fingerprint density at radius 1 is 1.41 bits per heavy atom. The van der Waals surface area contributed by atoms with E-state index < -0.39 is 10.0 Å². The fourth-order valence-electron chi connectivity index (χ4n) is 1.10. The van der Waals surface area contributed by atoms with E-state index in [9.17, 15) is 13.2 Å². The van der Waals surface area contributed by atoms with E-state index in [-0.39, 0.29) is 19.0 Å². The average molecular weight is 263 g/mol. The normalized spacial score (nSPS) is 11.8. The molecule has 0 unspecified atom stereocenters. The first-order chi connectivity index (χ1) is 7.77. The summed E-state index contributed by atoms with van der Waals surface area (Å²) in [7, 11) is 0.418. The highest BCUT2D eigenvalue weighted by molar-refractivity contribution is 7.88. The summed E-state index contributed by atoms with van der Waals surface area (Å²) in [6, 6.07) is 0. The Kier molecular flexibility index (Phi) is 7.01. The van der Waals surface area contributed by atoms with Crippen LogP contribution in [0.4, 0.5) is 0 Å². The van der Waals surface area contributed by atoms with E-state index in [1.165, 1.54) is 6.08 Å². The van der Waals surface area contributed by atoms with Gasteiger partial charge in [0.25, 0.3) is 0 Å². The van der Waals surface area contributed by atoms with Crippen molar-refractivity contribution in [2.45, 2.75) is 0 Å². The van der Waals surface area contributed by atoms with Gasteiger partial charge in [0, 0.05) is 19.6 Å². The van der Waals surface area contributed by atoms with Crippen LogP contribution < -0.4 is 5.32 Å². The quantitative estimate of drug-likeness (QED) is 0.577. The number of likely N-dealkylation sites (N-methyl/N-ethyl adjacent to an activating group) is 1. The highest BCUT2D eigenvalue weighted by Gasteiger charge is 2.18. The Hall–Kier alpha value is -0.920. The van der Waals surface area contributed by atoms with E-state index in [4.69, 9.17) is 0 Å². The predicted octanol–water partition coefficient (Wildman–Crippen LogP) is -0.888. The molecular formula is C10H21N3O3S. The molecule has 0 fully saturated rings. The average Bonchev–Trinajstić information content (AvgIpc) is 2.15. The molecule has 0 atom stereocenters. The molecule has 1 N–H and O–H groups in total. The van der Waals surface area contributed by atoms with Crippen molar-refractivity contribution < 1.29 is 13.2 Å². The molecule has 0 aromatic carbocycles. The Labute approximate surface area is 103 Å². The van der Waals surface area contributed by atoms with Crippen LogP contribution in [-0.2, 0) is 14.8 Å². The van der Waals surface area contributed by atoms with Crippen LogP contribution in [0.5, 0.6) is 0 Å². The fourth-order valence-corrected chi connectivity index (χ4v) is 1.82. The summed E-state index contributed by atoms with van der Waals surface area (Å²) in [6.45, 7) is 4.64. The lowest BCUT2D eigenvalue weighted by Crippen LogP contribution is -2.41. The van der Waals surface area contributed by atoms with Crippen molar-refractivity contribution in [1.82, 2.24) is 14.5 Å². The highest BCUT2D eigenvalue weighted by atomic mass is 32.2. The molecule has 0 saturated carbocycles. The zero-order valence-electron chi connectivity index (χ0n) is 10.6. The zero-order valence-corrected chi connectivity index (χ0v) is 11.5. The molecular weight excluding hydrogens is 242 g/mol. The fraction of sp³-hybridized carbons (Fsp3) is 0.700. The van der Waals surface area contributed by atoms with Crippen LogP contribution >= 0.6 is 0 Å². The van der Waals surface area contributed by atoms with Gasteiger partial charge < -0.3 is 10.2 Å². The summed E-state index contributed by atoms with van der Waals surface area (Å²) >= 11 is 0. The predicted molar refractivity (Wildman–Crippen MR) is 68.2 cm³/mol. The molecule has 0 radical (unpaired) electrons. The topological polar surface area (TPSA) is 69.7 Å². The monoisotopic (exact) mass is 263 g/mol. The molecule has 6 nitrogen and oxygen atoms in total. The number of carbonyl (C=O) groups excluding carboxylic acids is 1. The van der Waals surface area contributed by atoms with Crippen molar-refractivity contribution in [1.29, 1.82) is 0 Å². The molecule has 0 saturated heterocycles. The zero-order chi connectivity index (χ0) is 13.5. The number of nitrogens with one attached hydrogen (secondary N) is 1. The minimum atomic E-state index is -3.37. The number of carbonyl (C=O) groups is 1. The van der Waals surface area contributed by atoms with Crippen molar-refractivity contribution in [3.63, 3.8) is 0 Å². The van der Waals surface area contributed by atoms with Gasteiger partial charge in [-0.1, -0.05) is 6.08 Å². The van der Waals surface area contributed by atoms with Crippen molar-refractivity contribution in [2.24, 2.45) is 0 Å². The maximum atomic E-state index is 11.5. The van der Waals surface area contributed by atoms with Gasteiger partial charge in [-0.2, -0.15) is 4.31 Å². The molecule has 0 spiro atoms. The Morgan fingerprint density at radius 3 is 2.41 bits per heavy atom. The lowest BCUT2D eigenvalue weighted by molar-refractivity contribution is -0.121. The summed E-state index contributed by atoms with van der Waals surface area (Å²) in [5, 5.41) is 2.65. The summed E-state index contributed by atoms with van der Waals surface area (Å²) in [4.78, 5) is 13.4. The number of amides is 1. The molecule has 0 aliphatic carbocycles. The number of nitrogens with zero attached hydrogens (tertiary/aromatic N) is 2. The third kappa shape index (κ3) is 7.89. The van der Waals surface area contributed by atoms with E-state index in [2.05, 4.69) is 11.9 Å². The minimum Gasteiger partial charge on any atom is -0.354 e. The van der Waals surface area contributed by atoms with Crippen molar-refractivity contribution in [3.05, 3.63) is 12.7 Å². The molecule has 17 heavy (non-hydrogen) atoms. The van der Waals surface area contributed by atoms with Crippen molar-refractivity contribution in [3.8, 4) is 0 Å². The van der Waals surface area contributed by atoms with Gasteiger partial charge in [0.05, 0.1) is 12.8 Å². The van der Waals surface area contributed by atoms with Crippen LogP contribution in [0.2, 0.25) is 0 Å². The van der Waals surface area contributed by atoms with E-state index in [1.54, 1.807) is 0 Å². The largest absolute Gasteiger partial charge is 0.354 e. The summed E-state index contributed by atoms with van der Waals surface area (Å²) in [5.74, 6) is -0.306. The van der Waals surface area contributed by atoms with Gasteiger partial charge in [-0.05, 0) is 14.1 Å². The molecule has 0 aromatic rings. The smallest absolute Gasteiger partial charge is 0.235 e. The second-order valence-electron chi connectivity index (χ2n) is 4.00. The molecule has 100 valence electrons. The highest BCUT2D eigenvalue weighted by Crippen LogP contribution is 1.97. The van der Waals surface area contributed by atoms with Crippen LogP contribution in [-0.4, -0.2) is 70.1 Å². The Bertz CT molecular complexity index is 352. The maximum Gasteiger partial charge on any atom is 0.235 e. The molecule has 0 aromatic heterocycles.